The highest BCUT2D eigenvalue weighted by Gasteiger charge is 2.47. The number of hydrogen-bond donors (Lipinski definition) is 0. The number of fused-ring (bicyclic) bond motifs is 4. The predicted molar refractivity (Wildman–Crippen MR) is 207 cm³/mol. The minimum Gasteiger partial charge on any atom is -0.469 e. The van der Waals surface area contributed by atoms with Gasteiger partial charge in [-0.25, -0.2) is 9.98 Å². The molecule has 0 aromatic heterocycles. The highest BCUT2D eigenvalue weighted by molar-refractivity contribution is 6.98. The standard InChI is InChI=1S/C44H41BN2O4/c1-41(2)43(5,6)50-39(46-41)30-14-9-12-26(22-30)28-18-20-32-36(24-28)48-34-16-11-17-35-38(34)45(32)33-21-19-29(25-37(33)49-35)27-13-10-15-31(23-27)40-47-42(3,4)44(7,8)51-40/h9-25H,1-8H3. The van der Waals surface area contributed by atoms with Crippen LogP contribution in [0.5, 0.6) is 23.0 Å². The molecule has 5 aromatic carbocycles. The van der Waals surface area contributed by atoms with Crippen molar-refractivity contribution in [2.75, 3.05) is 0 Å². The number of rotatable bonds is 4. The summed E-state index contributed by atoms with van der Waals surface area (Å²) in [5.74, 6) is 4.69. The first-order valence-corrected chi connectivity index (χ1v) is 17.8. The average Bonchev–Trinajstić information content (AvgIpc) is 3.47. The number of hydrogen-bond acceptors (Lipinski definition) is 6. The van der Waals surface area contributed by atoms with E-state index in [0.29, 0.717) is 11.8 Å². The fourth-order valence-corrected chi connectivity index (χ4v) is 7.25. The molecule has 0 bridgehead atoms. The van der Waals surface area contributed by atoms with Gasteiger partial charge in [0.2, 0.25) is 11.8 Å². The van der Waals surface area contributed by atoms with E-state index < -0.39 is 0 Å². The molecule has 0 fully saturated rings. The SMILES string of the molecule is CC1(C)N=C(c2cccc(-c3ccc4c(c3)Oc3cccc5c3B4c3ccc(-c4cccc(C6=NC(C)(C)C(C)(C)O6)c4)cc3O5)c2)OC1(C)C. The largest absolute Gasteiger partial charge is 0.469 e. The van der Waals surface area contributed by atoms with E-state index in [2.05, 4.69) is 140 Å². The fourth-order valence-electron chi connectivity index (χ4n) is 7.25. The Kier molecular flexibility index (Phi) is 6.59. The quantitative estimate of drug-likeness (QED) is 0.176. The smallest absolute Gasteiger partial charge is 0.260 e. The van der Waals surface area contributed by atoms with Crippen LogP contribution in [0.15, 0.2) is 113 Å². The lowest BCUT2D eigenvalue weighted by atomic mass is 9.35. The van der Waals surface area contributed by atoms with E-state index in [1.165, 1.54) is 0 Å². The molecule has 0 radical (unpaired) electrons. The van der Waals surface area contributed by atoms with Gasteiger partial charge >= 0.3 is 0 Å². The van der Waals surface area contributed by atoms with Gasteiger partial charge in [-0.05, 0) is 137 Å². The van der Waals surface area contributed by atoms with Crippen LogP contribution in [0.1, 0.15) is 66.5 Å². The maximum atomic E-state index is 6.62. The van der Waals surface area contributed by atoms with E-state index >= 15 is 0 Å². The first-order valence-electron chi connectivity index (χ1n) is 17.8. The number of aliphatic imine (C=N–C) groups is 2. The van der Waals surface area contributed by atoms with Crippen molar-refractivity contribution in [3.05, 3.63) is 114 Å². The van der Waals surface area contributed by atoms with Crippen molar-refractivity contribution in [3.63, 3.8) is 0 Å². The third kappa shape index (κ3) is 4.92. The molecule has 254 valence electrons. The Morgan fingerprint density at radius 2 is 0.824 bits per heavy atom. The molecule has 0 amide bonds. The molecule has 51 heavy (non-hydrogen) atoms. The van der Waals surface area contributed by atoms with Crippen LogP contribution in [0.4, 0.5) is 0 Å². The molecule has 4 aliphatic heterocycles. The number of benzene rings is 5. The fraction of sp³-hybridized carbons (Fsp3) is 0.273. The van der Waals surface area contributed by atoms with E-state index in [-0.39, 0.29) is 29.0 Å². The van der Waals surface area contributed by atoms with Crippen LogP contribution in [-0.2, 0) is 9.47 Å². The second-order valence-corrected chi connectivity index (χ2v) is 16.1. The topological polar surface area (TPSA) is 61.6 Å². The van der Waals surface area contributed by atoms with Crippen LogP contribution < -0.4 is 25.9 Å². The Morgan fingerprint density at radius 3 is 1.24 bits per heavy atom. The van der Waals surface area contributed by atoms with Gasteiger partial charge in [0.1, 0.15) is 34.2 Å². The maximum Gasteiger partial charge on any atom is 0.260 e. The van der Waals surface area contributed by atoms with E-state index in [1.807, 2.05) is 18.2 Å². The summed E-state index contributed by atoms with van der Waals surface area (Å²) in [6.07, 6.45) is 0. The van der Waals surface area contributed by atoms with Crippen LogP contribution in [0.25, 0.3) is 22.3 Å². The van der Waals surface area contributed by atoms with Crippen molar-refractivity contribution in [1.82, 2.24) is 0 Å². The van der Waals surface area contributed by atoms with Gasteiger partial charge < -0.3 is 18.9 Å². The van der Waals surface area contributed by atoms with E-state index in [0.717, 1.165) is 72.8 Å². The molecular formula is C44H41BN2O4. The molecule has 0 saturated carbocycles. The van der Waals surface area contributed by atoms with Gasteiger partial charge in [-0.2, -0.15) is 0 Å². The van der Waals surface area contributed by atoms with Crippen LogP contribution in [-0.4, -0.2) is 40.8 Å². The Bertz CT molecular complexity index is 2190. The summed E-state index contributed by atoms with van der Waals surface area (Å²) in [7, 11) is 0. The molecule has 0 atom stereocenters. The van der Waals surface area contributed by atoms with Crippen molar-refractivity contribution < 1.29 is 18.9 Å². The zero-order valence-corrected chi connectivity index (χ0v) is 30.4. The van der Waals surface area contributed by atoms with Crippen LogP contribution in [0.3, 0.4) is 0 Å². The van der Waals surface area contributed by atoms with Gasteiger partial charge in [0.05, 0.1) is 11.1 Å². The summed E-state index contributed by atoms with van der Waals surface area (Å²) in [6, 6.07) is 36.0. The Balaban J connectivity index is 1.07. The molecule has 0 N–H and O–H groups in total. The summed E-state index contributed by atoms with van der Waals surface area (Å²) >= 11 is 0. The number of nitrogens with zero attached hydrogens (tertiary/aromatic N) is 2. The third-order valence-electron chi connectivity index (χ3n) is 11.7. The molecule has 0 aliphatic carbocycles. The first-order chi connectivity index (χ1) is 24.2. The first kappa shape index (κ1) is 31.7. The normalized spacial score (nSPS) is 19.3. The van der Waals surface area contributed by atoms with Gasteiger partial charge in [0.15, 0.2) is 0 Å². The zero-order valence-electron chi connectivity index (χ0n) is 30.4. The molecule has 0 unspecified atom stereocenters. The second kappa shape index (κ2) is 10.6. The monoisotopic (exact) mass is 672 g/mol. The van der Waals surface area contributed by atoms with Crippen LogP contribution >= 0.6 is 0 Å². The molecular weight excluding hydrogens is 631 g/mol. The lowest BCUT2D eigenvalue weighted by Gasteiger charge is -2.33. The van der Waals surface area contributed by atoms with Crippen LogP contribution in [0, 0.1) is 0 Å². The highest BCUT2D eigenvalue weighted by Crippen LogP contribution is 2.40. The van der Waals surface area contributed by atoms with Gasteiger partial charge in [0, 0.05) is 16.6 Å². The van der Waals surface area contributed by atoms with Crippen molar-refractivity contribution in [2.45, 2.75) is 77.7 Å². The van der Waals surface area contributed by atoms with Crippen molar-refractivity contribution >= 4 is 34.9 Å². The van der Waals surface area contributed by atoms with E-state index in [1.54, 1.807) is 0 Å². The van der Waals surface area contributed by atoms with E-state index in [9.17, 15) is 0 Å². The minimum atomic E-state index is -0.385. The Hall–Kier alpha value is -5.30. The van der Waals surface area contributed by atoms with Crippen molar-refractivity contribution in [3.8, 4) is 45.3 Å². The summed E-state index contributed by atoms with van der Waals surface area (Å²) < 4.78 is 25.9. The maximum absolute atomic E-state index is 6.62. The summed E-state index contributed by atoms with van der Waals surface area (Å²) in [5.41, 5.74) is 8.11. The Labute approximate surface area is 300 Å². The van der Waals surface area contributed by atoms with Gasteiger partial charge in [-0.3, -0.25) is 0 Å². The van der Waals surface area contributed by atoms with E-state index in [4.69, 9.17) is 28.9 Å². The zero-order chi connectivity index (χ0) is 35.5. The molecule has 7 heteroatoms. The predicted octanol–water partition coefficient (Wildman–Crippen LogP) is 8.42. The number of ether oxygens (including phenoxy) is 4. The van der Waals surface area contributed by atoms with Gasteiger partial charge in [0.25, 0.3) is 6.71 Å². The van der Waals surface area contributed by atoms with Crippen molar-refractivity contribution in [1.29, 1.82) is 0 Å². The molecule has 5 aromatic rings. The molecule has 4 heterocycles. The lowest BCUT2D eigenvalue weighted by Crippen LogP contribution is -2.57. The Morgan fingerprint density at radius 1 is 0.431 bits per heavy atom. The van der Waals surface area contributed by atoms with Crippen LogP contribution in [0.2, 0.25) is 0 Å². The highest BCUT2D eigenvalue weighted by atomic mass is 16.5. The van der Waals surface area contributed by atoms with Gasteiger partial charge in [-0.1, -0.05) is 54.6 Å². The summed E-state index contributed by atoms with van der Waals surface area (Å²) in [4.78, 5) is 9.87. The van der Waals surface area contributed by atoms with Gasteiger partial charge in [-0.15, -0.1) is 0 Å². The summed E-state index contributed by atoms with van der Waals surface area (Å²) in [5, 5.41) is 0. The second-order valence-electron chi connectivity index (χ2n) is 16.1. The molecule has 0 saturated heterocycles. The molecule has 0 spiro atoms. The molecule has 4 aliphatic rings. The molecule has 6 nitrogen and oxygen atoms in total. The summed E-state index contributed by atoms with van der Waals surface area (Å²) in [6.45, 7) is 16.8. The average molecular weight is 673 g/mol. The van der Waals surface area contributed by atoms with Crippen molar-refractivity contribution in [2.24, 2.45) is 9.98 Å². The third-order valence-corrected chi connectivity index (χ3v) is 11.7. The molecule has 9 rings (SSSR count). The minimum absolute atomic E-state index is 0.0270. The lowest BCUT2D eigenvalue weighted by molar-refractivity contribution is 0.0618.